The number of aliphatic hydroxyl groups excluding tert-OH is 1. The zero-order valence-corrected chi connectivity index (χ0v) is 19.1. The summed E-state index contributed by atoms with van der Waals surface area (Å²) in [4.78, 5) is 0. The predicted molar refractivity (Wildman–Crippen MR) is 121 cm³/mol. The van der Waals surface area contributed by atoms with Gasteiger partial charge in [0, 0.05) is 0 Å². The van der Waals surface area contributed by atoms with Gasteiger partial charge in [-0.25, -0.2) is 0 Å². The molecule has 0 aromatic rings. The highest BCUT2D eigenvalue weighted by Gasteiger charge is 2.50. The van der Waals surface area contributed by atoms with E-state index in [2.05, 4.69) is 58.9 Å². The molecule has 0 spiro atoms. The van der Waals surface area contributed by atoms with E-state index in [4.69, 9.17) is 0 Å². The van der Waals surface area contributed by atoms with Crippen molar-refractivity contribution in [1.29, 1.82) is 0 Å². The Morgan fingerprint density at radius 2 is 1.93 bits per heavy atom. The van der Waals surface area contributed by atoms with E-state index in [-0.39, 0.29) is 6.10 Å². The summed E-state index contributed by atoms with van der Waals surface area (Å²) >= 11 is 0. The summed E-state index contributed by atoms with van der Waals surface area (Å²) in [7, 11) is 0. The van der Waals surface area contributed by atoms with E-state index in [1.807, 2.05) is 0 Å². The molecule has 0 heterocycles. The quantitative estimate of drug-likeness (QED) is 0.471. The molecular formula is C27H44O. The molecule has 2 saturated carbocycles. The van der Waals surface area contributed by atoms with Crippen molar-refractivity contribution < 1.29 is 5.11 Å². The maximum absolute atomic E-state index is 9.96. The first-order valence-corrected chi connectivity index (χ1v) is 12.0. The normalized spacial score (nSPS) is 37.3. The molecule has 6 atom stereocenters. The highest BCUT2D eigenvalue weighted by molar-refractivity contribution is 5.22. The molecule has 0 saturated heterocycles. The van der Waals surface area contributed by atoms with Crippen molar-refractivity contribution in [2.45, 2.75) is 98.5 Å². The fourth-order valence-electron chi connectivity index (χ4n) is 6.29. The monoisotopic (exact) mass is 384 g/mol. The van der Waals surface area contributed by atoms with Crippen LogP contribution in [0.4, 0.5) is 0 Å². The zero-order valence-electron chi connectivity index (χ0n) is 19.1. The van der Waals surface area contributed by atoms with Gasteiger partial charge >= 0.3 is 0 Å². The highest BCUT2D eigenvalue weighted by Crippen LogP contribution is 2.59. The van der Waals surface area contributed by atoms with Crippen molar-refractivity contribution in [1.82, 2.24) is 0 Å². The first-order chi connectivity index (χ1) is 13.3. The van der Waals surface area contributed by atoms with Crippen LogP contribution in [0.1, 0.15) is 92.4 Å². The van der Waals surface area contributed by atoms with Crippen molar-refractivity contribution in [3.63, 3.8) is 0 Å². The second kappa shape index (κ2) is 9.33. The average Bonchev–Trinajstić information content (AvgIpc) is 3.01. The Balaban J connectivity index is 1.68. The smallest absolute Gasteiger partial charge is 0.0580 e. The number of aliphatic hydroxyl groups is 1. The van der Waals surface area contributed by atoms with Gasteiger partial charge in [-0.3, -0.25) is 0 Å². The van der Waals surface area contributed by atoms with Crippen LogP contribution in [0, 0.1) is 35.0 Å². The number of hydrogen-bond donors (Lipinski definition) is 1. The van der Waals surface area contributed by atoms with E-state index < -0.39 is 0 Å². The lowest BCUT2D eigenvalue weighted by atomic mass is 9.61. The number of rotatable bonds is 6. The van der Waals surface area contributed by atoms with Gasteiger partial charge in [0.25, 0.3) is 0 Å². The Bertz CT molecular complexity index is 610. The predicted octanol–water partition coefficient (Wildman–Crippen LogP) is 7.47. The van der Waals surface area contributed by atoms with Crippen LogP contribution in [-0.4, -0.2) is 11.2 Å². The molecule has 3 aliphatic rings. The summed E-state index contributed by atoms with van der Waals surface area (Å²) in [6.45, 7) is 12.1. The highest BCUT2D eigenvalue weighted by atomic mass is 16.3. The molecule has 1 heteroatoms. The van der Waals surface area contributed by atoms with Gasteiger partial charge in [0.1, 0.15) is 0 Å². The van der Waals surface area contributed by atoms with Crippen molar-refractivity contribution in [3.05, 3.63) is 35.5 Å². The Labute approximate surface area is 174 Å². The summed E-state index contributed by atoms with van der Waals surface area (Å²) < 4.78 is 0. The molecule has 0 bridgehead atoms. The molecular weight excluding hydrogens is 340 g/mol. The average molecular weight is 385 g/mol. The Kier molecular flexibility index (Phi) is 7.29. The van der Waals surface area contributed by atoms with Crippen LogP contribution in [-0.2, 0) is 0 Å². The maximum Gasteiger partial charge on any atom is 0.0580 e. The van der Waals surface area contributed by atoms with Gasteiger partial charge in [0.05, 0.1) is 6.10 Å². The fraction of sp³-hybridized carbons (Fsp3) is 0.778. The van der Waals surface area contributed by atoms with Gasteiger partial charge in [-0.15, -0.1) is 0 Å². The lowest BCUT2D eigenvalue weighted by molar-refractivity contribution is 0.111. The van der Waals surface area contributed by atoms with E-state index in [1.165, 1.54) is 37.7 Å². The lowest BCUT2D eigenvalue weighted by Gasteiger charge is -2.44. The molecule has 3 aliphatic carbocycles. The molecule has 0 amide bonds. The maximum atomic E-state index is 9.96. The van der Waals surface area contributed by atoms with Crippen molar-refractivity contribution in [2.75, 3.05) is 0 Å². The van der Waals surface area contributed by atoms with Gasteiger partial charge < -0.3 is 5.11 Å². The Morgan fingerprint density at radius 1 is 1.14 bits per heavy atom. The third-order valence-electron chi connectivity index (χ3n) is 8.50. The first-order valence-electron chi connectivity index (χ1n) is 12.0. The largest absolute Gasteiger partial charge is 0.393 e. The van der Waals surface area contributed by atoms with Crippen molar-refractivity contribution in [3.8, 4) is 0 Å². The van der Waals surface area contributed by atoms with E-state index in [0.717, 1.165) is 43.4 Å². The van der Waals surface area contributed by atoms with Gasteiger partial charge in [0.15, 0.2) is 0 Å². The van der Waals surface area contributed by atoms with E-state index in [9.17, 15) is 5.11 Å². The van der Waals surface area contributed by atoms with Crippen LogP contribution in [0.5, 0.6) is 0 Å². The first kappa shape index (κ1) is 21.9. The third kappa shape index (κ3) is 4.84. The molecule has 0 unspecified atom stereocenters. The van der Waals surface area contributed by atoms with E-state index in [1.54, 1.807) is 5.57 Å². The van der Waals surface area contributed by atoms with Crippen LogP contribution < -0.4 is 0 Å². The zero-order chi connectivity index (χ0) is 20.3. The summed E-state index contributed by atoms with van der Waals surface area (Å²) in [5, 5.41) is 9.96. The number of allylic oxidation sites excluding steroid dienone is 5. The molecule has 0 aromatic heterocycles. The van der Waals surface area contributed by atoms with Gasteiger partial charge in [-0.1, -0.05) is 70.1 Å². The lowest BCUT2D eigenvalue weighted by Crippen LogP contribution is -2.35. The van der Waals surface area contributed by atoms with Crippen LogP contribution in [0.25, 0.3) is 0 Å². The summed E-state index contributed by atoms with van der Waals surface area (Å²) in [6.07, 6.45) is 20.7. The van der Waals surface area contributed by atoms with Crippen LogP contribution in [0.2, 0.25) is 0 Å². The Morgan fingerprint density at radius 3 is 2.64 bits per heavy atom. The molecule has 28 heavy (non-hydrogen) atoms. The van der Waals surface area contributed by atoms with Crippen molar-refractivity contribution in [2.24, 2.45) is 35.0 Å². The third-order valence-corrected chi connectivity index (χ3v) is 8.50. The number of hydrogen-bond acceptors (Lipinski definition) is 1. The SMILES string of the molecule is CC(C)[C@@H](C)/C=C/[C@@H](C)[C@H]1CC[C@H]2/C(=C/CC3=CCC[C@H](O)C3)CCC[C@]12C. The molecule has 0 aromatic carbocycles. The second-order valence-electron chi connectivity index (χ2n) is 10.7. The number of fused-ring (bicyclic) bond motifs is 1. The minimum absolute atomic E-state index is 0.105. The van der Waals surface area contributed by atoms with Crippen molar-refractivity contribution >= 4 is 0 Å². The molecule has 3 rings (SSSR count). The summed E-state index contributed by atoms with van der Waals surface area (Å²) in [6, 6.07) is 0. The van der Waals surface area contributed by atoms with E-state index >= 15 is 0 Å². The van der Waals surface area contributed by atoms with E-state index in [0.29, 0.717) is 17.3 Å². The minimum atomic E-state index is -0.105. The van der Waals surface area contributed by atoms with Gasteiger partial charge in [0.2, 0.25) is 0 Å². The molecule has 1 nitrogen and oxygen atoms in total. The van der Waals surface area contributed by atoms with Gasteiger partial charge in [-0.05, 0) is 92.8 Å². The topological polar surface area (TPSA) is 20.2 Å². The molecule has 0 radical (unpaired) electrons. The minimum Gasteiger partial charge on any atom is -0.393 e. The van der Waals surface area contributed by atoms with Crippen LogP contribution in [0.15, 0.2) is 35.5 Å². The Hall–Kier alpha value is -0.820. The second-order valence-corrected chi connectivity index (χ2v) is 10.7. The molecule has 0 aliphatic heterocycles. The molecule has 158 valence electrons. The summed E-state index contributed by atoms with van der Waals surface area (Å²) in [5.74, 6) is 3.71. The van der Waals surface area contributed by atoms with Crippen LogP contribution in [0.3, 0.4) is 0 Å². The molecule has 1 N–H and O–H groups in total. The van der Waals surface area contributed by atoms with Crippen LogP contribution >= 0.6 is 0 Å². The van der Waals surface area contributed by atoms with Gasteiger partial charge in [-0.2, -0.15) is 0 Å². The standard InChI is InChI=1S/C27H44O/c1-19(2)20(3)11-12-21(4)25-15-16-26-23(9-7-17-27(25,26)5)14-13-22-8-6-10-24(28)18-22/h8,11-12,14,19-21,24-26,28H,6-7,9-10,13,15-18H2,1-5H3/b12-11+,23-14+/t20-,21+,24-,25+,26-,27+/m0/s1. The fourth-order valence-corrected chi connectivity index (χ4v) is 6.29. The summed E-state index contributed by atoms with van der Waals surface area (Å²) in [5.41, 5.74) is 3.69. The molecule has 2 fully saturated rings.